The highest BCUT2D eigenvalue weighted by Crippen LogP contribution is 2.25. The molecule has 2 nitrogen and oxygen atoms in total. The molecule has 0 heterocycles. The SMILES string of the molecule is COc1cccc(/C(C)=C/CCNCC(C)C)c1F. The molecule has 0 saturated carbocycles. The summed E-state index contributed by atoms with van der Waals surface area (Å²) in [5.41, 5.74) is 1.56. The number of halogens is 1. The fraction of sp³-hybridized carbons (Fsp3) is 0.500. The number of rotatable bonds is 7. The van der Waals surface area contributed by atoms with E-state index in [0.29, 0.717) is 17.2 Å². The molecule has 0 amide bonds. The number of benzene rings is 1. The van der Waals surface area contributed by atoms with E-state index < -0.39 is 0 Å². The molecular weight excluding hydrogens is 241 g/mol. The van der Waals surface area contributed by atoms with Crippen molar-refractivity contribution in [2.45, 2.75) is 27.2 Å². The van der Waals surface area contributed by atoms with E-state index in [9.17, 15) is 4.39 Å². The van der Waals surface area contributed by atoms with Crippen molar-refractivity contribution in [1.29, 1.82) is 0 Å². The Balaban J connectivity index is 2.59. The van der Waals surface area contributed by atoms with Gasteiger partial charge in [0.25, 0.3) is 0 Å². The predicted molar refractivity (Wildman–Crippen MR) is 78.9 cm³/mol. The monoisotopic (exact) mass is 265 g/mol. The van der Waals surface area contributed by atoms with E-state index in [1.807, 2.05) is 13.0 Å². The highest BCUT2D eigenvalue weighted by Gasteiger charge is 2.08. The van der Waals surface area contributed by atoms with Gasteiger partial charge in [0.2, 0.25) is 0 Å². The Labute approximate surface area is 115 Å². The minimum absolute atomic E-state index is 0.283. The van der Waals surface area contributed by atoms with E-state index in [4.69, 9.17) is 4.74 Å². The zero-order chi connectivity index (χ0) is 14.3. The van der Waals surface area contributed by atoms with Crippen LogP contribution in [0.15, 0.2) is 24.3 Å². The van der Waals surface area contributed by atoms with Gasteiger partial charge < -0.3 is 10.1 Å². The zero-order valence-corrected chi connectivity index (χ0v) is 12.3. The Morgan fingerprint density at radius 3 is 2.79 bits per heavy atom. The van der Waals surface area contributed by atoms with Crippen molar-refractivity contribution in [3.8, 4) is 5.75 Å². The van der Waals surface area contributed by atoms with Gasteiger partial charge in [0.05, 0.1) is 7.11 Å². The molecule has 0 aliphatic heterocycles. The Bertz CT molecular complexity index is 427. The Morgan fingerprint density at radius 1 is 1.42 bits per heavy atom. The van der Waals surface area contributed by atoms with Gasteiger partial charge in [-0.1, -0.05) is 32.1 Å². The molecule has 0 saturated heterocycles. The van der Waals surface area contributed by atoms with Crippen molar-refractivity contribution in [1.82, 2.24) is 5.32 Å². The van der Waals surface area contributed by atoms with Gasteiger partial charge in [0.1, 0.15) is 0 Å². The van der Waals surface area contributed by atoms with Crippen molar-refractivity contribution >= 4 is 5.57 Å². The number of hydrogen-bond donors (Lipinski definition) is 1. The minimum Gasteiger partial charge on any atom is -0.494 e. The first kappa shape index (κ1) is 15.7. The summed E-state index contributed by atoms with van der Waals surface area (Å²) in [6.45, 7) is 8.22. The molecule has 0 radical (unpaired) electrons. The second-order valence-corrected chi connectivity index (χ2v) is 5.10. The lowest BCUT2D eigenvalue weighted by Crippen LogP contribution is -2.20. The smallest absolute Gasteiger partial charge is 0.172 e. The van der Waals surface area contributed by atoms with Crippen molar-refractivity contribution in [2.24, 2.45) is 5.92 Å². The number of nitrogens with one attached hydrogen (secondary N) is 1. The Hall–Kier alpha value is -1.35. The number of allylic oxidation sites excluding steroid dienone is 1. The van der Waals surface area contributed by atoms with Crippen LogP contribution in [0, 0.1) is 11.7 Å². The molecule has 1 N–H and O–H groups in total. The quantitative estimate of drug-likeness (QED) is 0.756. The lowest BCUT2D eigenvalue weighted by atomic mass is 10.1. The van der Waals surface area contributed by atoms with Crippen LogP contribution in [0.2, 0.25) is 0 Å². The average molecular weight is 265 g/mol. The van der Waals surface area contributed by atoms with E-state index in [1.54, 1.807) is 12.1 Å². The lowest BCUT2D eigenvalue weighted by Gasteiger charge is -2.08. The molecular formula is C16H24FNO. The molecule has 0 atom stereocenters. The Morgan fingerprint density at radius 2 is 2.16 bits per heavy atom. The highest BCUT2D eigenvalue weighted by atomic mass is 19.1. The van der Waals surface area contributed by atoms with Crippen LogP contribution in [0.1, 0.15) is 32.8 Å². The van der Waals surface area contributed by atoms with Gasteiger partial charge in [-0.15, -0.1) is 0 Å². The third-order valence-electron chi connectivity index (χ3n) is 2.93. The summed E-state index contributed by atoms with van der Waals surface area (Å²) in [6.07, 6.45) is 2.96. The summed E-state index contributed by atoms with van der Waals surface area (Å²) in [6, 6.07) is 5.23. The number of methoxy groups -OCH3 is 1. The molecule has 0 bridgehead atoms. The van der Waals surface area contributed by atoms with Gasteiger partial charge in [0.15, 0.2) is 11.6 Å². The first-order chi connectivity index (χ1) is 9.06. The topological polar surface area (TPSA) is 21.3 Å². The minimum atomic E-state index is -0.283. The maximum atomic E-state index is 14.0. The summed E-state index contributed by atoms with van der Waals surface area (Å²) >= 11 is 0. The normalized spacial score (nSPS) is 12.0. The van der Waals surface area contributed by atoms with Crippen LogP contribution in [-0.2, 0) is 0 Å². The third-order valence-corrected chi connectivity index (χ3v) is 2.93. The van der Waals surface area contributed by atoms with Gasteiger partial charge in [-0.3, -0.25) is 0 Å². The van der Waals surface area contributed by atoms with Crippen LogP contribution >= 0.6 is 0 Å². The largest absolute Gasteiger partial charge is 0.494 e. The number of hydrogen-bond acceptors (Lipinski definition) is 2. The van der Waals surface area contributed by atoms with Crippen LogP contribution < -0.4 is 10.1 Å². The second kappa shape index (κ2) is 7.95. The predicted octanol–water partition coefficient (Wildman–Crippen LogP) is 3.87. The molecule has 0 unspecified atom stereocenters. The third kappa shape index (κ3) is 5.03. The summed E-state index contributed by atoms with van der Waals surface area (Å²) in [5, 5.41) is 3.37. The van der Waals surface area contributed by atoms with E-state index in [-0.39, 0.29) is 5.82 Å². The van der Waals surface area contributed by atoms with Gasteiger partial charge >= 0.3 is 0 Å². The zero-order valence-electron chi connectivity index (χ0n) is 12.3. The van der Waals surface area contributed by atoms with Crippen molar-refractivity contribution < 1.29 is 9.13 Å². The molecule has 3 heteroatoms. The molecule has 0 aliphatic rings. The van der Waals surface area contributed by atoms with Crippen molar-refractivity contribution in [3.63, 3.8) is 0 Å². The van der Waals surface area contributed by atoms with E-state index >= 15 is 0 Å². The number of ether oxygens (including phenoxy) is 1. The average Bonchev–Trinajstić information content (AvgIpc) is 2.38. The molecule has 0 fully saturated rings. The van der Waals surface area contributed by atoms with Gasteiger partial charge in [-0.2, -0.15) is 0 Å². The molecule has 1 aromatic carbocycles. The standard InChI is InChI=1S/C16H24FNO/c1-12(2)11-18-10-6-7-13(3)14-8-5-9-15(19-4)16(14)17/h5,7-9,12,18H,6,10-11H2,1-4H3/b13-7+. The van der Waals surface area contributed by atoms with E-state index in [1.165, 1.54) is 7.11 Å². The maximum Gasteiger partial charge on any atom is 0.172 e. The summed E-state index contributed by atoms with van der Waals surface area (Å²) < 4.78 is 19.0. The van der Waals surface area contributed by atoms with Crippen LogP contribution in [-0.4, -0.2) is 20.2 Å². The molecule has 1 rings (SSSR count). The van der Waals surface area contributed by atoms with Crippen molar-refractivity contribution in [3.05, 3.63) is 35.7 Å². The second-order valence-electron chi connectivity index (χ2n) is 5.10. The molecule has 19 heavy (non-hydrogen) atoms. The lowest BCUT2D eigenvalue weighted by molar-refractivity contribution is 0.386. The molecule has 0 aromatic heterocycles. The molecule has 0 spiro atoms. The fourth-order valence-electron chi connectivity index (χ4n) is 1.86. The van der Waals surface area contributed by atoms with Crippen LogP contribution in [0.25, 0.3) is 5.57 Å². The Kier molecular flexibility index (Phi) is 6.57. The summed E-state index contributed by atoms with van der Waals surface area (Å²) in [7, 11) is 1.48. The van der Waals surface area contributed by atoms with Crippen LogP contribution in [0.4, 0.5) is 4.39 Å². The first-order valence-electron chi connectivity index (χ1n) is 6.76. The van der Waals surface area contributed by atoms with E-state index in [0.717, 1.165) is 25.1 Å². The molecule has 1 aromatic rings. The van der Waals surface area contributed by atoms with Gasteiger partial charge in [0, 0.05) is 5.56 Å². The summed E-state index contributed by atoms with van der Waals surface area (Å²) in [5.74, 6) is 0.665. The van der Waals surface area contributed by atoms with Crippen LogP contribution in [0.5, 0.6) is 5.75 Å². The summed E-state index contributed by atoms with van der Waals surface area (Å²) in [4.78, 5) is 0. The van der Waals surface area contributed by atoms with Crippen molar-refractivity contribution in [2.75, 3.05) is 20.2 Å². The fourth-order valence-corrected chi connectivity index (χ4v) is 1.86. The molecule has 0 aliphatic carbocycles. The van der Waals surface area contributed by atoms with Gasteiger partial charge in [-0.05, 0) is 44.0 Å². The maximum absolute atomic E-state index is 14.0. The highest BCUT2D eigenvalue weighted by molar-refractivity contribution is 5.65. The first-order valence-corrected chi connectivity index (χ1v) is 6.76. The van der Waals surface area contributed by atoms with Gasteiger partial charge in [-0.25, -0.2) is 4.39 Å². The molecule has 106 valence electrons. The van der Waals surface area contributed by atoms with E-state index in [2.05, 4.69) is 25.2 Å². The van der Waals surface area contributed by atoms with Crippen LogP contribution in [0.3, 0.4) is 0 Å².